The molecule has 0 aromatic heterocycles. The molecule has 32 heavy (non-hydrogen) atoms. The normalized spacial score (nSPS) is 10.2. The Hall–Kier alpha value is -3.58. The maximum atomic E-state index is 12.8. The zero-order chi connectivity index (χ0) is 22.9. The summed E-state index contributed by atoms with van der Waals surface area (Å²) in [6.45, 7) is 2.51. The number of methoxy groups -OCH3 is 2. The summed E-state index contributed by atoms with van der Waals surface area (Å²) in [4.78, 5) is 12.8. The predicted molar refractivity (Wildman–Crippen MR) is 133 cm³/mol. The van der Waals surface area contributed by atoms with Gasteiger partial charge in [0.1, 0.15) is 0 Å². The van der Waals surface area contributed by atoms with E-state index in [4.69, 9.17) is 21.7 Å². The van der Waals surface area contributed by atoms with Crippen molar-refractivity contribution in [2.24, 2.45) is 0 Å². The van der Waals surface area contributed by atoms with Crippen LogP contribution >= 0.6 is 12.2 Å². The molecule has 0 fully saturated rings. The van der Waals surface area contributed by atoms with Crippen molar-refractivity contribution in [3.8, 4) is 11.5 Å². The highest BCUT2D eigenvalue weighted by molar-refractivity contribution is 7.80. The molecule has 0 saturated heterocycles. The molecule has 0 radical (unpaired) electrons. The molecule has 0 spiro atoms. The van der Waals surface area contributed by atoms with Crippen LogP contribution in [0, 0.1) is 6.92 Å². The molecular weight excluding hydrogens is 422 g/mol. The fraction of sp³-hybridized carbons (Fsp3) is 0.200. The molecule has 0 atom stereocenters. The number of carbonyl (C=O) groups is 1. The number of para-hydroxylation sites is 1. The lowest BCUT2D eigenvalue weighted by Gasteiger charge is -2.14. The molecule has 7 heteroatoms. The van der Waals surface area contributed by atoms with Gasteiger partial charge in [0, 0.05) is 12.2 Å². The van der Waals surface area contributed by atoms with Crippen LogP contribution in [0.3, 0.4) is 0 Å². The Morgan fingerprint density at radius 2 is 1.62 bits per heavy atom. The first-order chi connectivity index (χ1) is 15.5. The van der Waals surface area contributed by atoms with Crippen LogP contribution in [0.1, 0.15) is 21.5 Å². The monoisotopic (exact) mass is 449 g/mol. The van der Waals surface area contributed by atoms with Crippen molar-refractivity contribution in [2.75, 3.05) is 31.4 Å². The summed E-state index contributed by atoms with van der Waals surface area (Å²) in [5, 5.41) is 9.64. The van der Waals surface area contributed by atoms with E-state index in [0.29, 0.717) is 40.8 Å². The third-order valence-corrected chi connectivity index (χ3v) is 5.08. The first kappa shape index (κ1) is 23.1. The summed E-state index contributed by atoms with van der Waals surface area (Å²) < 4.78 is 10.6. The largest absolute Gasteiger partial charge is 0.493 e. The molecule has 166 valence electrons. The average Bonchev–Trinajstić information content (AvgIpc) is 2.80. The summed E-state index contributed by atoms with van der Waals surface area (Å²) in [5.74, 6) is 1.17. The summed E-state index contributed by atoms with van der Waals surface area (Å²) in [6, 6.07) is 20.9. The number of amides is 1. The van der Waals surface area contributed by atoms with E-state index < -0.39 is 0 Å². The molecule has 0 aliphatic carbocycles. The van der Waals surface area contributed by atoms with Crippen LogP contribution in [0.4, 0.5) is 11.4 Å². The molecular formula is C25H27N3O3S. The van der Waals surface area contributed by atoms with Crippen molar-refractivity contribution in [1.82, 2.24) is 5.32 Å². The number of carbonyl (C=O) groups excluding carboxylic acids is 1. The highest BCUT2D eigenvalue weighted by Gasteiger charge is 2.12. The van der Waals surface area contributed by atoms with Gasteiger partial charge in [0.15, 0.2) is 16.6 Å². The Bertz CT molecular complexity index is 1080. The maximum absolute atomic E-state index is 12.8. The van der Waals surface area contributed by atoms with E-state index in [0.717, 1.165) is 11.3 Å². The fourth-order valence-electron chi connectivity index (χ4n) is 3.16. The summed E-state index contributed by atoms with van der Waals surface area (Å²) in [5.41, 5.74) is 4.25. The molecule has 0 bridgehead atoms. The third kappa shape index (κ3) is 6.21. The Kier molecular flexibility index (Phi) is 8.05. The van der Waals surface area contributed by atoms with Gasteiger partial charge in [-0.2, -0.15) is 0 Å². The van der Waals surface area contributed by atoms with E-state index in [1.807, 2.05) is 67.6 Å². The van der Waals surface area contributed by atoms with Crippen molar-refractivity contribution in [2.45, 2.75) is 13.3 Å². The second kappa shape index (κ2) is 11.2. The van der Waals surface area contributed by atoms with E-state index in [1.165, 1.54) is 5.56 Å². The van der Waals surface area contributed by atoms with Crippen LogP contribution in [-0.2, 0) is 6.42 Å². The van der Waals surface area contributed by atoms with Gasteiger partial charge in [-0.1, -0.05) is 35.9 Å². The highest BCUT2D eigenvalue weighted by Crippen LogP contribution is 2.27. The van der Waals surface area contributed by atoms with Crippen LogP contribution in [0.15, 0.2) is 66.7 Å². The second-order valence-electron chi connectivity index (χ2n) is 7.19. The topological polar surface area (TPSA) is 71.6 Å². The zero-order valence-electron chi connectivity index (χ0n) is 18.4. The molecule has 3 aromatic rings. The Labute approximate surface area is 193 Å². The summed E-state index contributed by atoms with van der Waals surface area (Å²) >= 11 is 5.42. The van der Waals surface area contributed by atoms with E-state index >= 15 is 0 Å². The van der Waals surface area contributed by atoms with Gasteiger partial charge in [0.05, 0.1) is 25.5 Å². The van der Waals surface area contributed by atoms with Crippen molar-refractivity contribution in [3.05, 3.63) is 83.4 Å². The smallest absolute Gasteiger partial charge is 0.253 e. The minimum atomic E-state index is -0.174. The molecule has 0 heterocycles. The zero-order valence-corrected chi connectivity index (χ0v) is 19.2. The minimum Gasteiger partial charge on any atom is -0.493 e. The van der Waals surface area contributed by atoms with Crippen molar-refractivity contribution >= 4 is 34.6 Å². The molecule has 3 aromatic carbocycles. The van der Waals surface area contributed by atoms with Crippen LogP contribution in [0.25, 0.3) is 0 Å². The van der Waals surface area contributed by atoms with E-state index in [9.17, 15) is 4.79 Å². The number of thiocarbonyl (C=S) groups is 1. The molecule has 0 unspecified atom stereocenters. The van der Waals surface area contributed by atoms with Crippen LogP contribution in [0.2, 0.25) is 0 Å². The number of benzene rings is 3. The Balaban J connectivity index is 1.59. The van der Waals surface area contributed by atoms with Gasteiger partial charge in [0.2, 0.25) is 0 Å². The highest BCUT2D eigenvalue weighted by atomic mass is 32.1. The Morgan fingerprint density at radius 3 is 2.34 bits per heavy atom. The molecule has 0 aliphatic heterocycles. The van der Waals surface area contributed by atoms with Crippen molar-refractivity contribution in [1.29, 1.82) is 0 Å². The third-order valence-electron chi connectivity index (χ3n) is 4.88. The van der Waals surface area contributed by atoms with Crippen LogP contribution in [0.5, 0.6) is 11.5 Å². The molecule has 0 aliphatic rings. The standard InChI is InChI=1S/C25H27N3O3S/c1-17-8-11-19(12-9-17)27-25(32)28-21-7-5-4-6-20(21)24(29)26-15-14-18-10-13-22(30-2)23(16-18)31-3/h4-13,16H,14-15H2,1-3H3,(H,26,29)(H2,27,28,32). The number of hydrogen-bond donors (Lipinski definition) is 3. The predicted octanol–water partition coefficient (Wildman–Crippen LogP) is 4.79. The van der Waals surface area contributed by atoms with Gasteiger partial charge < -0.3 is 25.4 Å². The molecule has 1 amide bonds. The number of rotatable bonds is 8. The number of aryl methyl sites for hydroxylation is 1. The number of anilines is 2. The van der Waals surface area contributed by atoms with Gasteiger partial charge in [-0.25, -0.2) is 0 Å². The quantitative estimate of drug-likeness (QED) is 0.430. The number of nitrogens with one attached hydrogen (secondary N) is 3. The first-order valence-corrected chi connectivity index (χ1v) is 10.6. The van der Waals surface area contributed by atoms with E-state index in [2.05, 4.69) is 16.0 Å². The second-order valence-corrected chi connectivity index (χ2v) is 7.59. The summed E-state index contributed by atoms with van der Waals surface area (Å²) in [6.07, 6.45) is 0.662. The molecule has 3 N–H and O–H groups in total. The molecule has 3 rings (SSSR count). The average molecular weight is 450 g/mol. The van der Waals surface area contributed by atoms with Crippen molar-refractivity contribution < 1.29 is 14.3 Å². The lowest BCUT2D eigenvalue weighted by atomic mass is 10.1. The van der Waals surface area contributed by atoms with Gasteiger partial charge in [-0.15, -0.1) is 0 Å². The van der Waals surface area contributed by atoms with Gasteiger partial charge in [-0.05, 0) is 67.5 Å². The SMILES string of the molecule is COc1ccc(CCNC(=O)c2ccccc2NC(=S)Nc2ccc(C)cc2)cc1OC. The van der Waals surface area contributed by atoms with E-state index in [-0.39, 0.29) is 5.91 Å². The first-order valence-electron chi connectivity index (χ1n) is 10.2. The van der Waals surface area contributed by atoms with Gasteiger partial charge in [-0.3, -0.25) is 4.79 Å². The van der Waals surface area contributed by atoms with Crippen LogP contribution in [-0.4, -0.2) is 31.8 Å². The minimum absolute atomic E-state index is 0.174. The number of hydrogen-bond acceptors (Lipinski definition) is 4. The fourth-order valence-corrected chi connectivity index (χ4v) is 3.39. The van der Waals surface area contributed by atoms with Gasteiger partial charge >= 0.3 is 0 Å². The Morgan fingerprint density at radius 1 is 0.906 bits per heavy atom. The number of ether oxygens (including phenoxy) is 2. The molecule has 0 saturated carbocycles. The van der Waals surface area contributed by atoms with Crippen LogP contribution < -0.4 is 25.4 Å². The van der Waals surface area contributed by atoms with Crippen molar-refractivity contribution in [3.63, 3.8) is 0 Å². The van der Waals surface area contributed by atoms with E-state index in [1.54, 1.807) is 20.3 Å². The maximum Gasteiger partial charge on any atom is 0.253 e. The molecule has 6 nitrogen and oxygen atoms in total. The summed E-state index contributed by atoms with van der Waals surface area (Å²) in [7, 11) is 3.21. The lowest BCUT2D eigenvalue weighted by molar-refractivity contribution is 0.0955. The van der Waals surface area contributed by atoms with Gasteiger partial charge in [0.25, 0.3) is 5.91 Å². The lowest BCUT2D eigenvalue weighted by Crippen LogP contribution is -2.28.